The molecule has 0 aliphatic rings. The van der Waals surface area contributed by atoms with Gasteiger partial charge >= 0.3 is 5.97 Å². The SMILES string of the molecule is Cc1cc(C)c(/C=C/C(=O)C[C@H](CC(=O)O)O[Si](C)(C)C(C)(C)C)c(C)c1. The van der Waals surface area contributed by atoms with Gasteiger partial charge in [0.15, 0.2) is 14.1 Å². The van der Waals surface area contributed by atoms with Crippen molar-refractivity contribution < 1.29 is 19.1 Å². The molecule has 0 spiro atoms. The normalized spacial score (nSPS) is 13.8. The van der Waals surface area contributed by atoms with E-state index in [0.717, 1.165) is 16.7 Å². The smallest absolute Gasteiger partial charge is 0.305 e. The third-order valence-electron chi connectivity index (χ3n) is 5.27. The molecule has 0 radical (unpaired) electrons. The van der Waals surface area contributed by atoms with Crippen LogP contribution in [0.3, 0.4) is 0 Å². The largest absolute Gasteiger partial charge is 0.481 e. The summed E-state index contributed by atoms with van der Waals surface area (Å²) in [5, 5.41) is 9.17. The first-order chi connectivity index (χ1) is 12.2. The molecular weight excluding hydrogens is 356 g/mol. The van der Waals surface area contributed by atoms with Gasteiger partial charge in [0.25, 0.3) is 0 Å². The van der Waals surface area contributed by atoms with E-state index in [1.807, 2.05) is 26.8 Å². The highest BCUT2D eigenvalue weighted by Crippen LogP contribution is 2.38. The Hall–Kier alpha value is -1.72. The topological polar surface area (TPSA) is 63.6 Å². The lowest BCUT2D eigenvalue weighted by molar-refractivity contribution is -0.139. The van der Waals surface area contributed by atoms with E-state index in [0.29, 0.717) is 0 Å². The fourth-order valence-electron chi connectivity index (χ4n) is 2.87. The molecule has 1 rings (SSSR count). The molecule has 27 heavy (non-hydrogen) atoms. The molecule has 0 aliphatic carbocycles. The Kier molecular flexibility index (Phi) is 7.75. The maximum absolute atomic E-state index is 12.5. The van der Waals surface area contributed by atoms with E-state index in [9.17, 15) is 14.7 Å². The third-order valence-corrected chi connectivity index (χ3v) is 9.81. The minimum absolute atomic E-state index is 0.0429. The summed E-state index contributed by atoms with van der Waals surface area (Å²) in [6.07, 6.45) is 2.71. The van der Waals surface area contributed by atoms with Crippen molar-refractivity contribution >= 4 is 26.1 Å². The van der Waals surface area contributed by atoms with E-state index in [2.05, 4.69) is 46.0 Å². The van der Waals surface area contributed by atoms with Crippen molar-refractivity contribution in [2.24, 2.45) is 0 Å². The minimum Gasteiger partial charge on any atom is -0.481 e. The van der Waals surface area contributed by atoms with Crippen molar-refractivity contribution in [2.45, 2.75) is 78.6 Å². The highest BCUT2D eigenvalue weighted by atomic mass is 28.4. The number of hydrogen-bond acceptors (Lipinski definition) is 3. The van der Waals surface area contributed by atoms with Crippen LogP contribution in [0.2, 0.25) is 18.1 Å². The Balaban J connectivity index is 2.93. The minimum atomic E-state index is -2.15. The van der Waals surface area contributed by atoms with Crippen LogP contribution in [0, 0.1) is 20.8 Å². The lowest BCUT2D eigenvalue weighted by Gasteiger charge is -2.38. The molecule has 0 amide bonds. The van der Waals surface area contributed by atoms with Gasteiger partial charge in [0.1, 0.15) is 0 Å². The Labute approximate surface area is 164 Å². The van der Waals surface area contributed by atoms with Crippen molar-refractivity contribution in [3.05, 3.63) is 40.5 Å². The van der Waals surface area contributed by atoms with E-state index in [4.69, 9.17) is 4.43 Å². The predicted octanol–water partition coefficient (Wildman–Crippen LogP) is 5.45. The first-order valence-electron chi connectivity index (χ1n) is 9.41. The zero-order chi connectivity index (χ0) is 21.0. The lowest BCUT2D eigenvalue weighted by atomic mass is 9.99. The van der Waals surface area contributed by atoms with Crippen LogP contribution in [0.1, 0.15) is 55.9 Å². The molecular formula is C22H34O4Si. The van der Waals surface area contributed by atoms with Crippen molar-refractivity contribution in [2.75, 3.05) is 0 Å². The molecule has 0 saturated heterocycles. The molecule has 1 N–H and O–H groups in total. The van der Waals surface area contributed by atoms with Crippen molar-refractivity contribution in [3.63, 3.8) is 0 Å². The van der Waals surface area contributed by atoms with Crippen LogP contribution in [-0.4, -0.2) is 31.3 Å². The van der Waals surface area contributed by atoms with Crippen molar-refractivity contribution in [1.82, 2.24) is 0 Å². The van der Waals surface area contributed by atoms with Gasteiger partial charge in [-0.2, -0.15) is 0 Å². The third kappa shape index (κ3) is 7.07. The molecule has 0 fully saturated rings. The Morgan fingerprint density at radius 1 is 1.11 bits per heavy atom. The molecule has 5 heteroatoms. The summed E-state index contributed by atoms with van der Waals surface area (Å²) in [6.45, 7) is 16.5. The van der Waals surface area contributed by atoms with Crippen LogP contribution in [0.25, 0.3) is 6.08 Å². The number of carboxylic acid groups (broad SMARTS) is 1. The Morgan fingerprint density at radius 2 is 1.63 bits per heavy atom. The number of ketones is 1. The predicted molar refractivity (Wildman–Crippen MR) is 114 cm³/mol. The van der Waals surface area contributed by atoms with Crippen LogP contribution in [0.15, 0.2) is 18.2 Å². The van der Waals surface area contributed by atoms with Crippen molar-refractivity contribution in [3.8, 4) is 0 Å². The van der Waals surface area contributed by atoms with Gasteiger partial charge in [-0.1, -0.05) is 44.5 Å². The van der Waals surface area contributed by atoms with E-state index in [1.165, 1.54) is 5.56 Å². The second-order valence-electron chi connectivity index (χ2n) is 8.91. The number of carboxylic acids is 1. The van der Waals surface area contributed by atoms with E-state index in [-0.39, 0.29) is 23.7 Å². The summed E-state index contributed by atoms with van der Waals surface area (Å²) in [5.41, 5.74) is 4.47. The monoisotopic (exact) mass is 390 g/mol. The number of aryl methyl sites for hydroxylation is 3. The fraction of sp³-hybridized carbons (Fsp3) is 0.545. The van der Waals surface area contributed by atoms with Gasteiger partial charge in [-0.25, -0.2) is 0 Å². The number of rotatable bonds is 8. The van der Waals surface area contributed by atoms with Crippen LogP contribution >= 0.6 is 0 Å². The van der Waals surface area contributed by atoms with Gasteiger partial charge in [-0.05, 0) is 61.7 Å². The van der Waals surface area contributed by atoms with E-state index >= 15 is 0 Å². The molecule has 0 heterocycles. The average molecular weight is 391 g/mol. The molecule has 0 unspecified atom stereocenters. The molecule has 1 aromatic carbocycles. The number of carbonyl (C=O) groups is 2. The number of aliphatic carboxylic acids is 1. The molecule has 1 aromatic rings. The number of hydrogen-bond donors (Lipinski definition) is 1. The molecule has 0 aliphatic heterocycles. The summed E-state index contributed by atoms with van der Waals surface area (Å²) >= 11 is 0. The molecule has 4 nitrogen and oxygen atoms in total. The maximum atomic E-state index is 12.5. The zero-order valence-corrected chi connectivity index (χ0v) is 19.0. The van der Waals surface area contributed by atoms with Crippen LogP contribution < -0.4 is 0 Å². The zero-order valence-electron chi connectivity index (χ0n) is 18.0. The van der Waals surface area contributed by atoms with Gasteiger partial charge < -0.3 is 9.53 Å². The first-order valence-corrected chi connectivity index (χ1v) is 12.3. The van der Waals surface area contributed by atoms with Gasteiger partial charge in [-0.15, -0.1) is 0 Å². The van der Waals surface area contributed by atoms with E-state index < -0.39 is 20.4 Å². The van der Waals surface area contributed by atoms with Crippen LogP contribution in [0.5, 0.6) is 0 Å². The van der Waals surface area contributed by atoms with Crippen LogP contribution in [0.4, 0.5) is 0 Å². The van der Waals surface area contributed by atoms with E-state index in [1.54, 1.807) is 6.08 Å². The number of benzene rings is 1. The molecule has 150 valence electrons. The number of allylic oxidation sites excluding steroid dienone is 1. The van der Waals surface area contributed by atoms with Crippen LogP contribution in [-0.2, 0) is 14.0 Å². The molecule has 0 bridgehead atoms. The maximum Gasteiger partial charge on any atom is 0.305 e. The number of carbonyl (C=O) groups excluding carboxylic acids is 1. The first kappa shape index (κ1) is 23.3. The molecule has 0 aromatic heterocycles. The summed E-state index contributed by atoms with van der Waals surface area (Å²) in [7, 11) is -2.15. The van der Waals surface area contributed by atoms with Crippen molar-refractivity contribution in [1.29, 1.82) is 0 Å². The Morgan fingerprint density at radius 3 is 2.07 bits per heavy atom. The standard InChI is InChI=1S/C22H34O4Si/c1-15-11-16(2)20(17(3)12-15)10-9-18(23)13-19(14-21(24)25)26-27(7,8)22(4,5)6/h9-12,19H,13-14H2,1-8H3,(H,24,25)/b10-9+/t19-/m1/s1. The summed E-state index contributed by atoms with van der Waals surface area (Å²) < 4.78 is 6.20. The average Bonchev–Trinajstić information content (AvgIpc) is 2.43. The summed E-state index contributed by atoms with van der Waals surface area (Å²) in [6, 6.07) is 4.18. The van der Waals surface area contributed by atoms with Gasteiger partial charge in [-0.3, -0.25) is 9.59 Å². The second kappa shape index (κ2) is 8.98. The van der Waals surface area contributed by atoms with Gasteiger partial charge in [0.05, 0.1) is 12.5 Å². The van der Waals surface area contributed by atoms with Gasteiger partial charge in [0.2, 0.25) is 0 Å². The quantitative estimate of drug-likeness (QED) is 0.473. The summed E-state index contributed by atoms with van der Waals surface area (Å²) in [4.78, 5) is 23.7. The lowest BCUT2D eigenvalue weighted by Crippen LogP contribution is -2.44. The van der Waals surface area contributed by atoms with Gasteiger partial charge in [0, 0.05) is 6.42 Å². The highest BCUT2D eigenvalue weighted by Gasteiger charge is 2.39. The fourth-order valence-corrected chi connectivity index (χ4v) is 4.22. The second-order valence-corrected chi connectivity index (χ2v) is 13.7. The molecule has 1 atom stereocenters. The summed E-state index contributed by atoms with van der Waals surface area (Å²) in [5.74, 6) is -1.06. The molecule has 0 saturated carbocycles. The highest BCUT2D eigenvalue weighted by molar-refractivity contribution is 6.74. The Bertz CT molecular complexity index is 703.